The molecule has 0 amide bonds. The lowest BCUT2D eigenvalue weighted by Crippen LogP contribution is -1.92. The summed E-state index contributed by atoms with van der Waals surface area (Å²) in [5.41, 5.74) is 0.752. The number of hydrogen-bond donors (Lipinski definition) is 0. The standard InChI is InChI=1S/C15H10Cl2N4OS/c1-2-13-18-19-15-21(13)20-14(23-15)12-6-5-11(22-12)9-7-8(16)3-4-10(9)17/h3-7H,2H2,1H3. The molecule has 0 N–H and O–H groups in total. The monoisotopic (exact) mass is 364 g/mol. The average molecular weight is 365 g/mol. The quantitative estimate of drug-likeness (QED) is 0.514. The van der Waals surface area contributed by atoms with Gasteiger partial charge >= 0.3 is 0 Å². The van der Waals surface area contributed by atoms with E-state index in [0.717, 1.165) is 27.8 Å². The highest BCUT2D eigenvalue weighted by molar-refractivity contribution is 7.19. The largest absolute Gasteiger partial charge is 0.453 e. The van der Waals surface area contributed by atoms with Crippen molar-refractivity contribution >= 4 is 39.5 Å². The first kappa shape index (κ1) is 14.7. The van der Waals surface area contributed by atoms with Gasteiger partial charge in [-0.2, -0.15) is 4.52 Å². The molecule has 3 aromatic heterocycles. The normalized spacial score (nSPS) is 11.4. The van der Waals surface area contributed by atoms with Gasteiger partial charge in [-0.25, -0.2) is 0 Å². The fourth-order valence-electron chi connectivity index (χ4n) is 2.26. The second-order valence-electron chi connectivity index (χ2n) is 4.86. The Morgan fingerprint density at radius 2 is 1.96 bits per heavy atom. The van der Waals surface area contributed by atoms with E-state index in [-0.39, 0.29) is 0 Å². The minimum Gasteiger partial charge on any atom is -0.453 e. The fraction of sp³-hybridized carbons (Fsp3) is 0.133. The third-order valence-corrected chi connectivity index (χ3v) is 4.86. The predicted molar refractivity (Wildman–Crippen MR) is 91.2 cm³/mol. The zero-order valence-electron chi connectivity index (χ0n) is 12.0. The molecule has 0 saturated heterocycles. The maximum Gasteiger partial charge on any atom is 0.235 e. The molecule has 0 bridgehead atoms. The topological polar surface area (TPSA) is 56.2 Å². The first-order valence-corrected chi connectivity index (χ1v) is 8.49. The third kappa shape index (κ3) is 2.52. The Morgan fingerprint density at radius 3 is 2.78 bits per heavy atom. The highest BCUT2D eigenvalue weighted by atomic mass is 35.5. The van der Waals surface area contributed by atoms with Crippen molar-refractivity contribution in [2.45, 2.75) is 13.3 Å². The van der Waals surface area contributed by atoms with Gasteiger partial charge in [0, 0.05) is 17.0 Å². The Bertz CT molecular complexity index is 1000. The molecule has 116 valence electrons. The van der Waals surface area contributed by atoms with Crippen molar-refractivity contribution in [1.82, 2.24) is 19.8 Å². The van der Waals surface area contributed by atoms with Gasteiger partial charge in [-0.1, -0.05) is 41.5 Å². The molecular weight excluding hydrogens is 355 g/mol. The van der Waals surface area contributed by atoms with Crippen LogP contribution in [0.15, 0.2) is 34.7 Å². The lowest BCUT2D eigenvalue weighted by molar-refractivity contribution is 0.595. The van der Waals surface area contributed by atoms with Crippen LogP contribution >= 0.6 is 34.5 Å². The predicted octanol–water partition coefficient (Wildman–Crippen LogP) is 4.98. The third-order valence-electron chi connectivity index (χ3n) is 3.38. The fourth-order valence-corrected chi connectivity index (χ4v) is 3.46. The SMILES string of the molecule is CCc1nnc2sc(-c3ccc(-c4cc(Cl)ccc4Cl)o3)nn12. The smallest absolute Gasteiger partial charge is 0.235 e. The van der Waals surface area contributed by atoms with E-state index in [1.54, 1.807) is 22.7 Å². The molecule has 8 heteroatoms. The highest BCUT2D eigenvalue weighted by Gasteiger charge is 2.16. The molecule has 3 heterocycles. The maximum absolute atomic E-state index is 6.22. The summed E-state index contributed by atoms with van der Waals surface area (Å²) < 4.78 is 7.65. The summed E-state index contributed by atoms with van der Waals surface area (Å²) in [5, 5.41) is 14.6. The number of hydrogen-bond acceptors (Lipinski definition) is 5. The summed E-state index contributed by atoms with van der Waals surface area (Å²) in [4.78, 5) is 0.746. The number of benzene rings is 1. The van der Waals surface area contributed by atoms with Gasteiger partial charge in [0.25, 0.3) is 0 Å². The molecule has 1 aromatic carbocycles. The van der Waals surface area contributed by atoms with Gasteiger partial charge in [0.05, 0.1) is 5.02 Å². The van der Waals surface area contributed by atoms with E-state index in [0.29, 0.717) is 21.6 Å². The van der Waals surface area contributed by atoms with Gasteiger partial charge in [0.2, 0.25) is 4.96 Å². The number of fused-ring (bicyclic) bond motifs is 1. The lowest BCUT2D eigenvalue weighted by atomic mass is 10.2. The van der Waals surface area contributed by atoms with Crippen LogP contribution in [0, 0.1) is 0 Å². The van der Waals surface area contributed by atoms with Crippen molar-refractivity contribution < 1.29 is 4.42 Å². The van der Waals surface area contributed by atoms with Gasteiger partial charge in [-0.15, -0.1) is 15.3 Å². The summed E-state index contributed by atoms with van der Waals surface area (Å²) in [6.07, 6.45) is 0.770. The minimum absolute atomic E-state index is 0.585. The van der Waals surface area contributed by atoms with Crippen molar-refractivity contribution in [2.24, 2.45) is 0 Å². The van der Waals surface area contributed by atoms with E-state index < -0.39 is 0 Å². The molecule has 0 aliphatic heterocycles. The van der Waals surface area contributed by atoms with Gasteiger partial charge in [0.15, 0.2) is 16.6 Å². The molecule has 4 aromatic rings. The van der Waals surface area contributed by atoms with Crippen molar-refractivity contribution in [3.63, 3.8) is 0 Å². The van der Waals surface area contributed by atoms with Crippen LogP contribution in [-0.2, 0) is 6.42 Å². The summed E-state index contributed by atoms with van der Waals surface area (Å²) in [5.74, 6) is 2.13. The van der Waals surface area contributed by atoms with Gasteiger partial charge < -0.3 is 4.42 Å². The second kappa shape index (κ2) is 5.63. The molecule has 0 saturated carbocycles. The molecule has 0 aliphatic carbocycles. The summed E-state index contributed by atoms with van der Waals surface area (Å²) in [7, 11) is 0. The molecule has 4 rings (SSSR count). The van der Waals surface area contributed by atoms with E-state index in [1.165, 1.54) is 11.3 Å². The van der Waals surface area contributed by atoms with Gasteiger partial charge in [-0.3, -0.25) is 0 Å². The van der Waals surface area contributed by atoms with Crippen LogP contribution < -0.4 is 0 Å². The molecule has 0 radical (unpaired) electrons. The first-order chi connectivity index (χ1) is 11.2. The van der Waals surface area contributed by atoms with Crippen LogP contribution in [0.5, 0.6) is 0 Å². The van der Waals surface area contributed by atoms with Crippen LogP contribution in [-0.4, -0.2) is 19.8 Å². The molecule has 0 fully saturated rings. The number of furan rings is 1. The van der Waals surface area contributed by atoms with Crippen molar-refractivity contribution in [2.75, 3.05) is 0 Å². The molecule has 5 nitrogen and oxygen atoms in total. The Morgan fingerprint density at radius 1 is 1.13 bits per heavy atom. The minimum atomic E-state index is 0.585. The van der Waals surface area contributed by atoms with Crippen molar-refractivity contribution in [3.8, 4) is 22.1 Å². The molecular formula is C15H10Cl2N4OS. The van der Waals surface area contributed by atoms with Crippen LogP contribution in [0.1, 0.15) is 12.7 Å². The molecule has 0 spiro atoms. The molecule has 0 atom stereocenters. The Labute approximate surface area is 145 Å². The zero-order valence-corrected chi connectivity index (χ0v) is 14.3. The number of halogens is 2. The van der Waals surface area contributed by atoms with E-state index in [9.17, 15) is 0 Å². The zero-order chi connectivity index (χ0) is 16.0. The van der Waals surface area contributed by atoms with Crippen LogP contribution in [0.2, 0.25) is 10.0 Å². The summed E-state index contributed by atoms with van der Waals surface area (Å²) in [6, 6.07) is 8.99. The Hall–Kier alpha value is -1.89. The van der Waals surface area contributed by atoms with E-state index in [2.05, 4.69) is 15.3 Å². The first-order valence-electron chi connectivity index (χ1n) is 6.92. The second-order valence-corrected chi connectivity index (χ2v) is 6.66. The highest BCUT2D eigenvalue weighted by Crippen LogP contribution is 2.35. The average Bonchev–Trinajstić information content (AvgIpc) is 3.23. The number of aryl methyl sites for hydroxylation is 1. The van der Waals surface area contributed by atoms with Crippen molar-refractivity contribution in [1.29, 1.82) is 0 Å². The van der Waals surface area contributed by atoms with E-state index in [1.807, 2.05) is 19.1 Å². The van der Waals surface area contributed by atoms with Gasteiger partial charge in [0.1, 0.15) is 5.76 Å². The number of aromatic nitrogens is 4. The van der Waals surface area contributed by atoms with Crippen LogP contribution in [0.25, 0.3) is 27.1 Å². The molecule has 0 unspecified atom stereocenters. The number of rotatable bonds is 3. The molecule has 0 aliphatic rings. The van der Waals surface area contributed by atoms with Gasteiger partial charge in [-0.05, 0) is 30.3 Å². The summed E-state index contributed by atoms with van der Waals surface area (Å²) in [6.45, 7) is 2.02. The summed E-state index contributed by atoms with van der Waals surface area (Å²) >= 11 is 13.7. The maximum atomic E-state index is 6.22. The number of nitrogens with zero attached hydrogens (tertiary/aromatic N) is 4. The molecule has 23 heavy (non-hydrogen) atoms. The van der Waals surface area contributed by atoms with Crippen LogP contribution in [0.3, 0.4) is 0 Å². The lowest BCUT2D eigenvalue weighted by Gasteiger charge is -2.01. The van der Waals surface area contributed by atoms with E-state index >= 15 is 0 Å². The van der Waals surface area contributed by atoms with E-state index in [4.69, 9.17) is 27.6 Å². The van der Waals surface area contributed by atoms with Crippen molar-refractivity contribution in [3.05, 3.63) is 46.2 Å². The Kier molecular flexibility index (Phi) is 3.60. The Balaban J connectivity index is 1.77. The van der Waals surface area contributed by atoms with Crippen LogP contribution in [0.4, 0.5) is 0 Å².